The van der Waals surface area contributed by atoms with E-state index in [9.17, 15) is 14.4 Å². The van der Waals surface area contributed by atoms with Crippen molar-refractivity contribution in [2.24, 2.45) is 0 Å². The number of nitrogens with one attached hydrogen (secondary N) is 1. The van der Waals surface area contributed by atoms with E-state index in [0.29, 0.717) is 9.77 Å². The number of thioether (sulfide) groups is 1. The fourth-order valence-electron chi connectivity index (χ4n) is 1.79. The number of thiophene rings is 1. The average molecular weight is 368 g/mol. The maximum atomic E-state index is 12.4. The van der Waals surface area contributed by atoms with Crippen LogP contribution in [0.25, 0.3) is 6.08 Å². The van der Waals surface area contributed by atoms with Crippen LogP contribution >= 0.6 is 35.3 Å². The number of hydrogen-bond donors (Lipinski definition) is 2. The average Bonchev–Trinajstić information content (AvgIpc) is 2.93. The molecule has 1 fully saturated rings. The largest absolute Gasteiger partial charge is 0.481 e. The van der Waals surface area contributed by atoms with Gasteiger partial charge in [0.2, 0.25) is 0 Å². The van der Waals surface area contributed by atoms with Gasteiger partial charge in [-0.25, -0.2) is 0 Å². The molecule has 0 radical (unpaired) electrons. The molecule has 1 aliphatic heterocycles. The van der Waals surface area contributed by atoms with E-state index in [1.165, 1.54) is 28.4 Å². The van der Waals surface area contributed by atoms with Gasteiger partial charge in [0.05, 0.1) is 5.75 Å². The van der Waals surface area contributed by atoms with Crippen LogP contribution in [0.2, 0.25) is 0 Å². The fourth-order valence-corrected chi connectivity index (χ4v) is 3.82. The number of carbonyl (C=O) groups is 3. The van der Waals surface area contributed by atoms with Gasteiger partial charge in [0, 0.05) is 16.3 Å². The first-order valence-electron chi connectivity index (χ1n) is 6.36. The number of carbonyl (C=O) groups excluding carboxylic acids is 2. The summed E-state index contributed by atoms with van der Waals surface area (Å²) in [7, 11) is 0. The molecule has 0 saturated carbocycles. The molecule has 1 aliphatic rings. The predicted molar refractivity (Wildman–Crippen MR) is 93.3 cm³/mol. The van der Waals surface area contributed by atoms with Crippen LogP contribution in [-0.4, -0.2) is 45.2 Å². The van der Waals surface area contributed by atoms with E-state index < -0.39 is 17.8 Å². The van der Waals surface area contributed by atoms with E-state index in [0.717, 1.165) is 11.8 Å². The number of hydrogen-bond acceptors (Lipinski definition) is 6. The Labute approximate surface area is 145 Å². The Morgan fingerprint density at radius 3 is 2.91 bits per heavy atom. The highest BCUT2D eigenvalue weighted by atomic mass is 32.2. The summed E-state index contributed by atoms with van der Waals surface area (Å²) in [6, 6.07) is 1.75. The molecule has 120 valence electrons. The first kappa shape index (κ1) is 17.4. The molecule has 1 aromatic rings. The number of rotatable bonds is 6. The van der Waals surface area contributed by atoms with Crippen LogP contribution in [0.15, 0.2) is 34.6 Å². The number of nitrogens with zero attached hydrogens (tertiary/aromatic N) is 1. The van der Waals surface area contributed by atoms with Crippen molar-refractivity contribution >= 4 is 64.3 Å². The summed E-state index contributed by atoms with van der Waals surface area (Å²) in [6.45, 7) is 3.75. The van der Waals surface area contributed by atoms with Gasteiger partial charge in [0.15, 0.2) is 5.11 Å². The van der Waals surface area contributed by atoms with Gasteiger partial charge in [0.25, 0.3) is 11.8 Å². The van der Waals surface area contributed by atoms with Gasteiger partial charge in [-0.15, -0.1) is 29.7 Å². The fraction of sp³-hybridized carbons (Fsp3) is 0.143. The topological polar surface area (TPSA) is 86.7 Å². The summed E-state index contributed by atoms with van der Waals surface area (Å²) in [5.74, 6) is -2.10. The number of carboxylic acid groups (broad SMARTS) is 1. The molecule has 2 heterocycles. The first-order valence-corrected chi connectivity index (χ1v) is 8.63. The maximum Gasteiger partial charge on any atom is 0.313 e. The standard InChI is InChI=1S/C14H12N2O4S3/c1-2-4-16-13(20)8(12(19)15-14(16)21)6-10-9(3-5-22-10)23-7-11(17)18/h2-3,5-6H,1,4,7H2,(H,17,18)(H,15,19,21)/b8-6+. The molecule has 2 rings (SSSR count). The van der Waals surface area contributed by atoms with Crippen molar-refractivity contribution in [3.63, 3.8) is 0 Å². The summed E-state index contributed by atoms with van der Waals surface area (Å²) in [5.41, 5.74) is -0.0416. The van der Waals surface area contributed by atoms with Crippen molar-refractivity contribution in [1.29, 1.82) is 0 Å². The third-order valence-corrected chi connectivity index (χ3v) is 5.16. The molecular weight excluding hydrogens is 356 g/mol. The normalized spacial score (nSPS) is 16.6. The molecule has 2 amide bonds. The van der Waals surface area contributed by atoms with Gasteiger partial charge in [-0.3, -0.25) is 24.6 Å². The van der Waals surface area contributed by atoms with Crippen LogP contribution in [0, 0.1) is 0 Å². The van der Waals surface area contributed by atoms with E-state index in [4.69, 9.17) is 17.3 Å². The Balaban J connectivity index is 2.30. The van der Waals surface area contributed by atoms with Gasteiger partial charge in [-0.1, -0.05) is 6.08 Å². The lowest BCUT2D eigenvalue weighted by atomic mass is 10.1. The zero-order valence-corrected chi connectivity index (χ0v) is 14.2. The van der Waals surface area contributed by atoms with Gasteiger partial charge in [-0.2, -0.15) is 0 Å². The van der Waals surface area contributed by atoms with E-state index in [1.807, 2.05) is 0 Å². The van der Waals surface area contributed by atoms with Gasteiger partial charge < -0.3 is 5.11 Å². The van der Waals surface area contributed by atoms with Crippen LogP contribution in [0.1, 0.15) is 4.88 Å². The predicted octanol–water partition coefficient (Wildman–Crippen LogP) is 1.74. The molecule has 1 aromatic heterocycles. The van der Waals surface area contributed by atoms with Crippen LogP contribution in [-0.2, 0) is 14.4 Å². The lowest BCUT2D eigenvalue weighted by molar-refractivity contribution is -0.134. The van der Waals surface area contributed by atoms with Crippen molar-refractivity contribution in [3.05, 3.63) is 34.6 Å². The van der Waals surface area contributed by atoms with Crippen molar-refractivity contribution < 1.29 is 19.5 Å². The SMILES string of the molecule is C=CCN1C(=O)/C(=C/c2sccc2SCC(=O)O)C(=O)NC1=S. The van der Waals surface area contributed by atoms with Crippen molar-refractivity contribution in [2.45, 2.75) is 4.90 Å². The minimum atomic E-state index is -0.936. The molecule has 0 spiro atoms. The number of thiocarbonyl (C=S) groups is 1. The van der Waals surface area contributed by atoms with Crippen LogP contribution < -0.4 is 5.32 Å². The van der Waals surface area contributed by atoms with Crippen LogP contribution in [0.4, 0.5) is 0 Å². The molecule has 0 unspecified atom stereocenters. The first-order chi connectivity index (χ1) is 10.9. The van der Waals surface area contributed by atoms with Crippen LogP contribution in [0.5, 0.6) is 0 Å². The third kappa shape index (κ3) is 4.06. The Hall–Kier alpha value is -1.97. The minimum Gasteiger partial charge on any atom is -0.481 e. The second kappa shape index (κ2) is 7.53. The summed E-state index contributed by atoms with van der Waals surface area (Å²) >= 11 is 7.43. The van der Waals surface area contributed by atoms with Gasteiger partial charge >= 0.3 is 5.97 Å². The third-order valence-electron chi connectivity index (χ3n) is 2.78. The van der Waals surface area contributed by atoms with E-state index >= 15 is 0 Å². The molecule has 1 saturated heterocycles. The minimum absolute atomic E-state index is 0.0416. The Kier molecular flexibility index (Phi) is 5.69. The van der Waals surface area contributed by atoms with Crippen molar-refractivity contribution in [2.75, 3.05) is 12.3 Å². The Bertz CT molecular complexity index is 723. The molecule has 0 aliphatic carbocycles. The zero-order chi connectivity index (χ0) is 17.0. The number of amides is 2. The van der Waals surface area contributed by atoms with Gasteiger partial charge in [0.1, 0.15) is 5.57 Å². The molecule has 0 aromatic carbocycles. The zero-order valence-electron chi connectivity index (χ0n) is 11.8. The summed E-state index contributed by atoms with van der Waals surface area (Å²) in [4.78, 5) is 37.7. The quantitative estimate of drug-likeness (QED) is 0.261. The van der Waals surface area contributed by atoms with E-state index in [-0.39, 0.29) is 23.0 Å². The molecule has 0 atom stereocenters. The molecular formula is C14H12N2O4S3. The Morgan fingerprint density at radius 2 is 2.26 bits per heavy atom. The van der Waals surface area contributed by atoms with Crippen molar-refractivity contribution in [3.8, 4) is 0 Å². The Morgan fingerprint density at radius 1 is 1.52 bits per heavy atom. The molecule has 6 nitrogen and oxygen atoms in total. The maximum absolute atomic E-state index is 12.4. The van der Waals surface area contributed by atoms with E-state index in [1.54, 1.807) is 11.4 Å². The number of carboxylic acids is 1. The van der Waals surface area contributed by atoms with Crippen LogP contribution in [0.3, 0.4) is 0 Å². The second-order valence-corrected chi connectivity index (χ2v) is 6.70. The summed E-state index contributed by atoms with van der Waals surface area (Å²) in [5, 5.41) is 13.0. The highest BCUT2D eigenvalue weighted by molar-refractivity contribution is 8.00. The highest BCUT2D eigenvalue weighted by Gasteiger charge is 2.32. The monoisotopic (exact) mass is 368 g/mol. The lowest BCUT2D eigenvalue weighted by Gasteiger charge is -2.27. The summed E-state index contributed by atoms with van der Waals surface area (Å²) < 4.78 is 0. The van der Waals surface area contributed by atoms with Crippen molar-refractivity contribution in [1.82, 2.24) is 10.2 Å². The van der Waals surface area contributed by atoms with E-state index in [2.05, 4.69) is 11.9 Å². The molecule has 9 heteroatoms. The summed E-state index contributed by atoms with van der Waals surface area (Å²) in [6.07, 6.45) is 2.98. The smallest absolute Gasteiger partial charge is 0.313 e. The van der Waals surface area contributed by atoms with Gasteiger partial charge in [-0.05, 0) is 29.7 Å². The second-order valence-electron chi connectivity index (χ2n) is 4.35. The molecule has 2 N–H and O–H groups in total. The molecule has 0 bridgehead atoms. The molecule has 23 heavy (non-hydrogen) atoms. The lowest BCUT2D eigenvalue weighted by Crippen LogP contribution is -2.53. The highest BCUT2D eigenvalue weighted by Crippen LogP contribution is 2.30. The number of aliphatic carboxylic acids is 1.